The Hall–Kier alpha value is -4.44. The highest BCUT2D eigenvalue weighted by Crippen LogP contribution is 2.58. The number of allylic oxidation sites excluding steroid dienone is 2. The molecule has 16 heteroatoms. The number of Topliss-reactive ketones (excluding diaryl/α,β-unsaturated/α-hetero) is 2. The molecule has 2 N–H and O–H groups in total. The number of aliphatic hydroxyl groups is 1. The summed E-state index contributed by atoms with van der Waals surface area (Å²) in [7, 11) is -3.81. The summed E-state index contributed by atoms with van der Waals surface area (Å²) in [5.41, 5.74) is -0.848. The van der Waals surface area contributed by atoms with Gasteiger partial charge in [-0.2, -0.15) is 13.2 Å². The number of nitrogens with zero attached hydrogens (tertiary/aromatic N) is 2. The van der Waals surface area contributed by atoms with Crippen LogP contribution in [0.4, 0.5) is 17.6 Å². The molecule has 3 heterocycles. The maximum Gasteiger partial charge on any atom is 0.423 e. The second-order valence-corrected chi connectivity index (χ2v) is 18.4. The maximum absolute atomic E-state index is 14.5. The third-order valence-electron chi connectivity index (χ3n) is 11.9. The van der Waals surface area contributed by atoms with E-state index < -0.39 is 97.8 Å². The van der Waals surface area contributed by atoms with E-state index in [9.17, 15) is 50.3 Å². The number of nitrogens with one attached hydrogen (secondary N) is 1. The average Bonchev–Trinajstić information content (AvgIpc) is 4.02. The lowest BCUT2D eigenvalue weighted by Gasteiger charge is -2.30. The van der Waals surface area contributed by atoms with Crippen molar-refractivity contribution in [2.24, 2.45) is 11.3 Å². The van der Waals surface area contributed by atoms with Crippen molar-refractivity contribution in [2.75, 3.05) is 12.3 Å². The number of aromatic nitrogens is 1. The van der Waals surface area contributed by atoms with Crippen molar-refractivity contribution in [1.29, 1.82) is 0 Å². The lowest BCUT2D eigenvalue weighted by atomic mass is 9.88. The van der Waals surface area contributed by atoms with Crippen LogP contribution < -0.4 is 10.1 Å². The zero-order chi connectivity index (χ0) is 40.2. The summed E-state index contributed by atoms with van der Waals surface area (Å²) >= 11 is 0. The average molecular weight is 802 g/mol. The van der Waals surface area contributed by atoms with Gasteiger partial charge in [0, 0.05) is 29.0 Å². The fraction of sp³-hybridized carbons (Fsp3) is 0.525. The zero-order valence-electron chi connectivity index (χ0n) is 30.7. The van der Waals surface area contributed by atoms with Crippen molar-refractivity contribution in [1.82, 2.24) is 15.2 Å². The summed E-state index contributed by atoms with van der Waals surface area (Å²) in [6.07, 6.45) is -3.44. The number of benzene rings is 2. The van der Waals surface area contributed by atoms with Crippen molar-refractivity contribution in [3.05, 3.63) is 60.4 Å². The molecule has 2 aliphatic carbocycles. The molecule has 2 saturated carbocycles. The molecule has 6 atom stereocenters. The van der Waals surface area contributed by atoms with Gasteiger partial charge in [-0.05, 0) is 81.0 Å². The summed E-state index contributed by atoms with van der Waals surface area (Å²) in [5.74, 6) is -5.39. The highest BCUT2D eigenvalue weighted by atomic mass is 32.2. The largest absolute Gasteiger partial charge is 0.472 e. The normalized spacial score (nSPS) is 28.1. The molecule has 0 unspecified atom stereocenters. The van der Waals surface area contributed by atoms with Crippen molar-refractivity contribution in [3.63, 3.8) is 0 Å². The van der Waals surface area contributed by atoms with Crippen LogP contribution in [-0.4, -0.2) is 94.3 Å². The number of aliphatic hydroxyl groups excluding tert-OH is 1. The van der Waals surface area contributed by atoms with Crippen molar-refractivity contribution in [3.8, 4) is 5.88 Å². The minimum absolute atomic E-state index is 0.0855. The first-order valence-corrected chi connectivity index (χ1v) is 20.5. The number of halogens is 4. The topological polar surface area (TPSA) is 160 Å². The number of para-hydroxylation sites is 1. The van der Waals surface area contributed by atoms with Crippen LogP contribution in [0.1, 0.15) is 71.1 Å². The van der Waals surface area contributed by atoms with E-state index in [1.165, 1.54) is 18.2 Å². The summed E-state index contributed by atoms with van der Waals surface area (Å²) in [6.45, 7) is 1.33. The van der Waals surface area contributed by atoms with Crippen molar-refractivity contribution < 1.29 is 55.0 Å². The van der Waals surface area contributed by atoms with Gasteiger partial charge in [0.25, 0.3) is 5.91 Å². The van der Waals surface area contributed by atoms with Crippen LogP contribution in [0.15, 0.2) is 54.6 Å². The van der Waals surface area contributed by atoms with E-state index in [4.69, 9.17) is 4.74 Å². The molecule has 2 aliphatic heterocycles. The van der Waals surface area contributed by atoms with Gasteiger partial charge in [-0.1, -0.05) is 43.2 Å². The SMILES string of the molecule is CC1(S(=O)(=O)CC(=O)[C@]23CC(=O)[C@@H]4C[C@@H](Oc5nc6ccccc6c6cc(F)ccc56)CN4C(=O)[C@@H](NC(=O)[C@H](O)C(F)(F)F)CCCCC/C=C\[C@@H]2C3)CC1. The van der Waals surface area contributed by atoms with E-state index in [0.717, 1.165) is 4.90 Å². The number of fused-ring (bicyclic) bond motifs is 5. The molecule has 3 aromatic rings. The first kappa shape index (κ1) is 39.8. The fourth-order valence-electron chi connectivity index (χ4n) is 8.09. The van der Waals surface area contributed by atoms with Crippen LogP contribution in [0, 0.1) is 17.2 Å². The van der Waals surface area contributed by atoms with Gasteiger partial charge in [-0.15, -0.1) is 0 Å². The molecule has 4 aliphatic rings. The van der Waals surface area contributed by atoms with Crippen molar-refractivity contribution in [2.45, 2.75) is 106 Å². The number of alkyl halides is 3. The number of amides is 2. The van der Waals surface area contributed by atoms with Crippen LogP contribution in [0.3, 0.4) is 0 Å². The molecule has 11 nitrogen and oxygen atoms in total. The summed E-state index contributed by atoms with van der Waals surface area (Å²) < 4.78 is 86.3. The minimum Gasteiger partial charge on any atom is -0.472 e. The van der Waals surface area contributed by atoms with Gasteiger partial charge in [0.15, 0.2) is 21.4 Å². The molecule has 7 rings (SSSR count). The van der Waals surface area contributed by atoms with E-state index in [1.54, 1.807) is 31.2 Å². The number of carbonyl (C=O) groups excluding carboxylic acids is 4. The standard InChI is InChI=1S/C40H43F4N3O8S/c1-38(15-16-38)56(53,54)22-33(49)39-19-23(39)9-5-3-2-4-6-12-30(45-35(51)34(50)40(42,43)44)37(52)47-21-25(18-31(47)32(48)20-39)55-36-27-14-13-24(41)17-28(27)26-10-7-8-11-29(26)46-36/h5,7-11,13-14,17,23,25,30-31,34,50H,2-4,6,12,15-16,18-22H2,1H3,(H,45,51)/b9-5-/t23-,25-,30+,31+,34+,39-/m1/s1. The van der Waals surface area contributed by atoms with E-state index in [-0.39, 0.29) is 31.7 Å². The molecule has 1 aromatic heterocycles. The van der Waals surface area contributed by atoms with Gasteiger partial charge >= 0.3 is 6.18 Å². The third kappa shape index (κ3) is 7.78. The molecule has 2 amide bonds. The first-order chi connectivity index (χ1) is 26.4. The highest BCUT2D eigenvalue weighted by Gasteiger charge is 2.62. The lowest BCUT2D eigenvalue weighted by Crippen LogP contribution is -2.55. The number of ketones is 2. The predicted molar refractivity (Wildman–Crippen MR) is 197 cm³/mol. The van der Waals surface area contributed by atoms with Crippen LogP contribution in [0.5, 0.6) is 5.88 Å². The first-order valence-electron chi connectivity index (χ1n) is 18.9. The molecular formula is C40H43F4N3O8S. The number of hydrogen-bond acceptors (Lipinski definition) is 9. The molecular weight excluding hydrogens is 759 g/mol. The molecule has 0 spiro atoms. The van der Waals surface area contributed by atoms with Gasteiger partial charge in [-0.3, -0.25) is 19.2 Å². The molecule has 0 bridgehead atoms. The van der Waals surface area contributed by atoms with Crippen LogP contribution in [0.25, 0.3) is 21.7 Å². The minimum atomic E-state index is -5.30. The fourth-order valence-corrected chi connectivity index (χ4v) is 9.80. The van der Waals surface area contributed by atoms with Crippen LogP contribution in [0.2, 0.25) is 0 Å². The predicted octanol–water partition coefficient (Wildman–Crippen LogP) is 5.31. The summed E-state index contributed by atoms with van der Waals surface area (Å²) in [5, 5.41) is 13.4. The number of rotatable bonds is 8. The van der Waals surface area contributed by atoms with E-state index in [2.05, 4.69) is 10.3 Å². The Kier molecular flexibility index (Phi) is 10.5. The quantitative estimate of drug-likeness (QED) is 0.175. The number of carbonyl (C=O) groups is 4. The van der Waals surface area contributed by atoms with Crippen LogP contribution in [-0.2, 0) is 29.0 Å². The van der Waals surface area contributed by atoms with E-state index in [0.29, 0.717) is 60.2 Å². The van der Waals surface area contributed by atoms with Gasteiger partial charge < -0.3 is 20.1 Å². The Bertz CT molecular complexity index is 2230. The second kappa shape index (κ2) is 14.8. The van der Waals surface area contributed by atoms with E-state index in [1.807, 2.05) is 12.2 Å². The summed E-state index contributed by atoms with van der Waals surface area (Å²) in [6, 6.07) is 8.24. The van der Waals surface area contributed by atoms with E-state index >= 15 is 0 Å². The third-order valence-corrected chi connectivity index (χ3v) is 14.5. The smallest absolute Gasteiger partial charge is 0.423 e. The number of ether oxygens (including phenoxy) is 1. The molecule has 56 heavy (non-hydrogen) atoms. The van der Waals surface area contributed by atoms with Gasteiger partial charge in [0.2, 0.25) is 17.9 Å². The van der Waals surface area contributed by atoms with Crippen molar-refractivity contribution >= 4 is 54.9 Å². The lowest BCUT2D eigenvalue weighted by molar-refractivity contribution is -0.205. The van der Waals surface area contributed by atoms with Gasteiger partial charge in [-0.25, -0.2) is 17.8 Å². The summed E-state index contributed by atoms with van der Waals surface area (Å²) in [4.78, 5) is 61.2. The van der Waals surface area contributed by atoms with Crippen LogP contribution >= 0.6 is 0 Å². The maximum atomic E-state index is 14.5. The Labute approximate surface area is 320 Å². The monoisotopic (exact) mass is 801 g/mol. The van der Waals surface area contributed by atoms with Gasteiger partial charge in [0.1, 0.15) is 23.7 Å². The molecule has 300 valence electrons. The molecule has 1 saturated heterocycles. The number of hydrogen-bond donors (Lipinski definition) is 2. The Morgan fingerprint density at radius 2 is 1.82 bits per heavy atom. The number of sulfone groups is 1. The number of pyridine rings is 1. The molecule has 3 fully saturated rings. The Morgan fingerprint density at radius 1 is 1.07 bits per heavy atom. The Morgan fingerprint density at radius 3 is 2.55 bits per heavy atom. The zero-order valence-corrected chi connectivity index (χ0v) is 31.5. The highest BCUT2D eigenvalue weighted by molar-refractivity contribution is 7.93. The second-order valence-electron chi connectivity index (χ2n) is 15.9. The Balaban J connectivity index is 1.23. The van der Waals surface area contributed by atoms with Gasteiger partial charge in [0.05, 0.1) is 22.9 Å². The molecule has 2 aromatic carbocycles. The molecule has 0 radical (unpaired) electrons.